The fourth-order valence-electron chi connectivity index (χ4n) is 1.13. The predicted octanol–water partition coefficient (Wildman–Crippen LogP) is 2.59. The van der Waals surface area contributed by atoms with Crippen molar-refractivity contribution in [2.45, 2.75) is 23.6 Å². The first-order valence-corrected chi connectivity index (χ1v) is 6.82. The van der Waals surface area contributed by atoms with Crippen molar-refractivity contribution in [2.75, 3.05) is 13.6 Å². The van der Waals surface area contributed by atoms with E-state index in [1.54, 1.807) is 0 Å². The Hall–Kier alpha value is -0.730. The minimum atomic E-state index is -4.41. The van der Waals surface area contributed by atoms with E-state index < -0.39 is 34.3 Å². The second kappa shape index (κ2) is 5.50. The van der Waals surface area contributed by atoms with Crippen molar-refractivity contribution >= 4 is 21.6 Å². The summed E-state index contributed by atoms with van der Waals surface area (Å²) in [6.45, 7) is -0.664. The molecule has 1 rings (SSSR count). The Kier molecular flexibility index (Phi) is 4.68. The van der Waals surface area contributed by atoms with E-state index in [0.717, 1.165) is 13.1 Å². The summed E-state index contributed by atoms with van der Waals surface area (Å²) >= 11 is 5.44. The molecule has 104 valence electrons. The summed E-state index contributed by atoms with van der Waals surface area (Å²) < 4.78 is 65.1. The van der Waals surface area contributed by atoms with Gasteiger partial charge < -0.3 is 4.42 Å². The van der Waals surface area contributed by atoms with Crippen LogP contribution in [0.25, 0.3) is 0 Å². The summed E-state index contributed by atoms with van der Waals surface area (Å²) in [5, 5.41) is -0.414. The summed E-state index contributed by atoms with van der Waals surface area (Å²) in [5.41, 5.74) is 0. The first kappa shape index (κ1) is 15.3. The number of sulfonamides is 1. The van der Waals surface area contributed by atoms with E-state index in [-0.39, 0.29) is 11.6 Å². The van der Waals surface area contributed by atoms with Gasteiger partial charge in [-0.05, 0) is 12.1 Å². The van der Waals surface area contributed by atoms with Gasteiger partial charge in [0, 0.05) is 13.6 Å². The van der Waals surface area contributed by atoms with Crippen LogP contribution in [0.2, 0.25) is 0 Å². The number of rotatable bonds is 5. The molecule has 0 amide bonds. The number of hydrogen-bond acceptors (Lipinski definition) is 3. The van der Waals surface area contributed by atoms with Gasteiger partial charge >= 0.3 is 6.18 Å². The molecule has 0 unspecified atom stereocenters. The van der Waals surface area contributed by atoms with Gasteiger partial charge in [0.2, 0.25) is 5.09 Å². The molecule has 0 saturated carbocycles. The van der Waals surface area contributed by atoms with Crippen LogP contribution in [0.4, 0.5) is 13.2 Å². The second-order valence-corrected chi connectivity index (χ2v) is 5.79. The van der Waals surface area contributed by atoms with Crippen LogP contribution < -0.4 is 0 Å². The Bertz CT molecular complexity index is 497. The minimum absolute atomic E-state index is 0.0121. The molecule has 9 heteroatoms. The lowest BCUT2D eigenvalue weighted by molar-refractivity contribution is -0.135. The third-order valence-corrected chi connectivity index (χ3v) is 4.14. The van der Waals surface area contributed by atoms with E-state index in [2.05, 4.69) is 0 Å². The molecule has 0 N–H and O–H groups in total. The smallest absolute Gasteiger partial charge is 0.390 e. The number of nitrogens with zero attached hydrogens (tertiary/aromatic N) is 1. The topological polar surface area (TPSA) is 50.5 Å². The van der Waals surface area contributed by atoms with Crippen molar-refractivity contribution in [2.24, 2.45) is 0 Å². The number of halogens is 4. The van der Waals surface area contributed by atoms with E-state index in [1.165, 1.54) is 6.07 Å². The summed E-state index contributed by atoms with van der Waals surface area (Å²) in [6.07, 6.45) is -5.62. The summed E-state index contributed by atoms with van der Waals surface area (Å²) in [5.74, 6) is 0.223. The van der Waals surface area contributed by atoms with Gasteiger partial charge in [-0.1, -0.05) is 0 Å². The zero-order valence-corrected chi connectivity index (χ0v) is 10.9. The highest BCUT2D eigenvalue weighted by molar-refractivity contribution is 7.89. The average Bonchev–Trinajstić information content (AvgIpc) is 2.73. The predicted molar refractivity (Wildman–Crippen MR) is 58.8 cm³/mol. The molecule has 0 aliphatic heterocycles. The molecule has 1 aromatic heterocycles. The first-order chi connectivity index (χ1) is 8.16. The van der Waals surface area contributed by atoms with Gasteiger partial charge in [-0.25, -0.2) is 8.42 Å². The van der Waals surface area contributed by atoms with E-state index in [0.29, 0.717) is 4.31 Å². The maximum absolute atomic E-state index is 12.0. The molecule has 0 aromatic carbocycles. The monoisotopic (exact) mass is 305 g/mol. The molecule has 0 atom stereocenters. The van der Waals surface area contributed by atoms with Crippen molar-refractivity contribution in [1.29, 1.82) is 0 Å². The van der Waals surface area contributed by atoms with E-state index >= 15 is 0 Å². The Balaban J connectivity index is 2.80. The standard InChI is InChI=1S/C9H11ClF3NO3S/c1-14(5-4-9(11,12)13)18(15,16)8-3-2-7(6-10)17-8/h2-3H,4-6H2,1H3. The summed E-state index contributed by atoms with van der Waals surface area (Å²) in [4.78, 5) is 0. The lowest BCUT2D eigenvalue weighted by atomic mass is 10.4. The molecule has 0 bridgehead atoms. The Morgan fingerprint density at radius 2 is 2.00 bits per heavy atom. The highest BCUT2D eigenvalue weighted by Gasteiger charge is 2.31. The zero-order valence-electron chi connectivity index (χ0n) is 9.37. The molecular formula is C9H11ClF3NO3S. The van der Waals surface area contributed by atoms with Gasteiger partial charge in [-0.3, -0.25) is 0 Å². The molecule has 0 fully saturated rings. The molecular weight excluding hydrogens is 295 g/mol. The van der Waals surface area contributed by atoms with Gasteiger partial charge in [0.05, 0.1) is 12.3 Å². The van der Waals surface area contributed by atoms with Gasteiger partial charge in [-0.2, -0.15) is 17.5 Å². The maximum Gasteiger partial charge on any atom is 0.390 e. The van der Waals surface area contributed by atoms with Gasteiger partial charge in [-0.15, -0.1) is 11.6 Å². The molecule has 1 aromatic rings. The molecule has 0 spiro atoms. The van der Waals surface area contributed by atoms with Crippen LogP contribution in [-0.2, 0) is 15.9 Å². The molecule has 0 aliphatic carbocycles. The van der Waals surface area contributed by atoms with Gasteiger partial charge in [0.1, 0.15) is 5.76 Å². The van der Waals surface area contributed by atoms with E-state index in [9.17, 15) is 21.6 Å². The number of alkyl halides is 4. The SMILES string of the molecule is CN(CCC(F)(F)F)S(=O)(=O)c1ccc(CCl)o1. The van der Waals surface area contributed by atoms with Crippen molar-refractivity contribution in [3.63, 3.8) is 0 Å². The Morgan fingerprint density at radius 3 is 2.44 bits per heavy atom. The molecule has 0 aliphatic rings. The molecule has 0 radical (unpaired) electrons. The van der Waals surface area contributed by atoms with Crippen LogP contribution in [0, 0.1) is 0 Å². The normalized spacial score (nSPS) is 13.2. The molecule has 18 heavy (non-hydrogen) atoms. The Labute approximate surface area is 107 Å². The van der Waals surface area contributed by atoms with Crippen LogP contribution in [0.3, 0.4) is 0 Å². The highest BCUT2D eigenvalue weighted by Crippen LogP contribution is 2.23. The van der Waals surface area contributed by atoms with Crippen molar-refractivity contribution < 1.29 is 26.0 Å². The van der Waals surface area contributed by atoms with Crippen molar-refractivity contribution in [1.82, 2.24) is 4.31 Å². The van der Waals surface area contributed by atoms with Crippen LogP contribution in [0.15, 0.2) is 21.6 Å². The van der Waals surface area contributed by atoms with E-state index in [4.69, 9.17) is 16.0 Å². The van der Waals surface area contributed by atoms with Crippen LogP contribution in [0.5, 0.6) is 0 Å². The molecule has 1 heterocycles. The largest absolute Gasteiger partial charge is 0.447 e. The number of furan rings is 1. The minimum Gasteiger partial charge on any atom is -0.447 e. The first-order valence-electron chi connectivity index (χ1n) is 4.84. The fourth-order valence-corrected chi connectivity index (χ4v) is 2.36. The van der Waals surface area contributed by atoms with Gasteiger partial charge in [0.25, 0.3) is 10.0 Å². The zero-order chi connectivity index (χ0) is 14.0. The average molecular weight is 306 g/mol. The molecule has 0 saturated heterocycles. The highest BCUT2D eigenvalue weighted by atomic mass is 35.5. The van der Waals surface area contributed by atoms with Crippen LogP contribution in [-0.4, -0.2) is 32.5 Å². The van der Waals surface area contributed by atoms with E-state index in [1.807, 2.05) is 0 Å². The maximum atomic E-state index is 12.0. The number of hydrogen-bond donors (Lipinski definition) is 0. The summed E-state index contributed by atoms with van der Waals surface area (Å²) in [7, 11) is -2.98. The second-order valence-electron chi connectivity index (χ2n) is 3.55. The lowest BCUT2D eigenvalue weighted by Crippen LogP contribution is -2.30. The Morgan fingerprint density at radius 1 is 1.39 bits per heavy atom. The third-order valence-electron chi connectivity index (χ3n) is 2.14. The van der Waals surface area contributed by atoms with Crippen molar-refractivity contribution in [3.05, 3.63) is 17.9 Å². The van der Waals surface area contributed by atoms with Crippen LogP contribution >= 0.6 is 11.6 Å². The van der Waals surface area contributed by atoms with Crippen LogP contribution in [0.1, 0.15) is 12.2 Å². The van der Waals surface area contributed by atoms with Crippen molar-refractivity contribution in [3.8, 4) is 0 Å². The fraction of sp³-hybridized carbons (Fsp3) is 0.556. The summed E-state index contributed by atoms with van der Waals surface area (Å²) in [6, 6.07) is 2.52. The lowest BCUT2D eigenvalue weighted by Gasteiger charge is -2.16. The quantitative estimate of drug-likeness (QED) is 0.786. The molecule has 4 nitrogen and oxygen atoms in total. The van der Waals surface area contributed by atoms with Gasteiger partial charge in [0.15, 0.2) is 0 Å². The third kappa shape index (κ3) is 3.89.